The SMILES string of the molecule is COc1ccc(-c2c(C)oc3cc(OC(=O)C4CCCO4)ccc3c2=O)cc1OC. The Morgan fingerprint density at radius 1 is 1.07 bits per heavy atom. The number of hydrogen-bond donors (Lipinski definition) is 0. The van der Waals surface area contributed by atoms with Gasteiger partial charge in [-0.25, -0.2) is 4.79 Å². The highest BCUT2D eigenvalue weighted by Crippen LogP contribution is 2.33. The number of rotatable bonds is 5. The second-order valence-electron chi connectivity index (χ2n) is 7.01. The summed E-state index contributed by atoms with van der Waals surface area (Å²) in [5, 5.41) is 0.391. The fourth-order valence-electron chi connectivity index (χ4n) is 3.62. The van der Waals surface area contributed by atoms with Crippen molar-refractivity contribution in [1.29, 1.82) is 0 Å². The standard InChI is InChI=1S/C23H22O7/c1-13-21(14-6-9-17(26-2)20(11-14)27-3)22(24)16-8-7-15(12-19(16)29-13)30-23(25)18-5-4-10-28-18/h6-9,11-12,18H,4-5,10H2,1-3H3. The molecule has 3 aromatic rings. The predicted octanol–water partition coefficient (Wildman–Crippen LogP) is 3.87. The molecule has 0 saturated carbocycles. The van der Waals surface area contributed by atoms with Gasteiger partial charge in [0.25, 0.3) is 0 Å². The molecule has 0 radical (unpaired) electrons. The molecule has 0 N–H and O–H groups in total. The largest absolute Gasteiger partial charge is 0.493 e. The Morgan fingerprint density at radius 3 is 2.57 bits per heavy atom. The van der Waals surface area contributed by atoms with Crippen LogP contribution in [-0.2, 0) is 9.53 Å². The lowest BCUT2D eigenvalue weighted by molar-refractivity contribution is -0.144. The Balaban J connectivity index is 1.72. The number of fused-ring (bicyclic) bond motifs is 1. The fourth-order valence-corrected chi connectivity index (χ4v) is 3.62. The maximum atomic E-state index is 13.2. The number of benzene rings is 2. The van der Waals surface area contributed by atoms with Crippen LogP contribution in [0.5, 0.6) is 17.2 Å². The fraction of sp³-hybridized carbons (Fsp3) is 0.304. The molecule has 0 amide bonds. The number of carbonyl (C=O) groups is 1. The number of aryl methyl sites for hydroxylation is 1. The number of carbonyl (C=O) groups excluding carboxylic acids is 1. The smallest absolute Gasteiger partial charge is 0.340 e. The molecule has 0 aliphatic carbocycles. The summed E-state index contributed by atoms with van der Waals surface area (Å²) in [5.74, 6) is 1.41. The molecule has 2 heterocycles. The van der Waals surface area contributed by atoms with Gasteiger partial charge in [0, 0.05) is 12.7 Å². The predicted molar refractivity (Wildman–Crippen MR) is 110 cm³/mol. The Hall–Kier alpha value is -3.32. The van der Waals surface area contributed by atoms with Crippen molar-refractivity contribution < 1.29 is 28.2 Å². The molecular weight excluding hydrogens is 388 g/mol. The van der Waals surface area contributed by atoms with Crippen LogP contribution in [0.3, 0.4) is 0 Å². The number of esters is 1. The van der Waals surface area contributed by atoms with Crippen molar-refractivity contribution in [3.8, 4) is 28.4 Å². The molecule has 30 heavy (non-hydrogen) atoms. The van der Waals surface area contributed by atoms with Crippen molar-refractivity contribution >= 4 is 16.9 Å². The quantitative estimate of drug-likeness (QED) is 0.466. The normalized spacial score (nSPS) is 15.9. The van der Waals surface area contributed by atoms with Crippen LogP contribution in [0.15, 0.2) is 45.6 Å². The van der Waals surface area contributed by atoms with E-state index in [0.717, 1.165) is 6.42 Å². The van der Waals surface area contributed by atoms with E-state index >= 15 is 0 Å². The summed E-state index contributed by atoms with van der Waals surface area (Å²) in [6.07, 6.45) is 0.946. The minimum atomic E-state index is -0.540. The number of ether oxygens (including phenoxy) is 4. The molecule has 1 aliphatic heterocycles. The zero-order valence-corrected chi connectivity index (χ0v) is 17.0. The van der Waals surface area contributed by atoms with Crippen LogP contribution in [-0.4, -0.2) is 32.9 Å². The second-order valence-corrected chi connectivity index (χ2v) is 7.01. The van der Waals surface area contributed by atoms with Crippen LogP contribution in [0.25, 0.3) is 22.1 Å². The van der Waals surface area contributed by atoms with E-state index < -0.39 is 12.1 Å². The van der Waals surface area contributed by atoms with Gasteiger partial charge in [0.15, 0.2) is 17.6 Å². The maximum absolute atomic E-state index is 13.2. The first-order chi connectivity index (χ1) is 14.5. The van der Waals surface area contributed by atoms with Crippen molar-refractivity contribution in [3.63, 3.8) is 0 Å². The second kappa shape index (κ2) is 8.20. The summed E-state index contributed by atoms with van der Waals surface area (Å²) in [5.41, 5.74) is 1.26. The van der Waals surface area contributed by atoms with Gasteiger partial charge in [-0.3, -0.25) is 4.79 Å². The third-order valence-electron chi connectivity index (χ3n) is 5.12. The lowest BCUT2D eigenvalue weighted by Crippen LogP contribution is -2.24. The Bertz CT molecular complexity index is 1160. The summed E-state index contributed by atoms with van der Waals surface area (Å²) in [7, 11) is 3.09. The first-order valence-corrected chi connectivity index (χ1v) is 9.65. The topological polar surface area (TPSA) is 84.2 Å². The maximum Gasteiger partial charge on any atom is 0.340 e. The van der Waals surface area contributed by atoms with Gasteiger partial charge in [-0.15, -0.1) is 0 Å². The van der Waals surface area contributed by atoms with E-state index in [4.69, 9.17) is 23.4 Å². The lowest BCUT2D eigenvalue weighted by atomic mass is 10.0. The van der Waals surface area contributed by atoms with Gasteiger partial charge in [0.1, 0.15) is 17.1 Å². The van der Waals surface area contributed by atoms with Gasteiger partial charge >= 0.3 is 5.97 Å². The van der Waals surface area contributed by atoms with E-state index in [9.17, 15) is 9.59 Å². The minimum Gasteiger partial charge on any atom is -0.493 e. The molecule has 0 bridgehead atoms. The van der Waals surface area contributed by atoms with E-state index in [0.29, 0.717) is 58.1 Å². The van der Waals surface area contributed by atoms with Crippen molar-refractivity contribution in [3.05, 3.63) is 52.4 Å². The van der Waals surface area contributed by atoms with Gasteiger partial charge in [-0.1, -0.05) is 6.07 Å². The first-order valence-electron chi connectivity index (χ1n) is 9.65. The van der Waals surface area contributed by atoms with Crippen molar-refractivity contribution in [1.82, 2.24) is 0 Å². The van der Waals surface area contributed by atoms with Crippen molar-refractivity contribution in [2.24, 2.45) is 0 Å². The molecule has 1 unspecified atom stereocenters. The molecule has 1 saturated heterocycles. The molecule has 1 atom stereocenters. The van der Waals surface area contributed by atoms with Crippen LogP contribution in [0, 0.1) is 6.92 Å². The monoisotopic (exact) mass is 410 g/mol. The molecule has 1 fully saturated rings. The minimum absolute atomic E-state index is 0.182. The van der Waals surface area contributed by atoms with Crippen LogP contribution >= 0.6 is 0 Å². The highest BCUT2D eigenvalue weighted by Gasteiger charge is 2.26. The molecule has 156 valence electrons. The van der Waals surface area contributed by atoms with E-state index in [1.165, 1.54) is 7.11 Å². The van der Waals surface area contributed by atoms with Gasteiger partial charge < -0.3 is 23.4 Å². The highest BCUT2D eigenvalue weighted by atomic mass is 16.6. The zero-order valence-electron chi connectivity index (χ0n) is 17.0. The van der Waals surface area contributed by atoms with Crippen LogP contribution in [0.1, 0.15) is 18.6 Å². The van der Waals surface area contributed by atoms with E-state index in [2.05, 4.69) is 0 Å². The molecule has 7 nitrogen and oxygen atoms in total. The molecule has 1 aromatic heterocycles. The van der Waals surface area contributed by atoms with Gasteiger partial charge in [-0.2, -0.15) is 0 Å². The molecule has 4 rings (SSSR count). The molecular formula is C23H22O7. The molecule has 0 spiro atoms. The summed E-state index contributed by atoms with van der Waals surface area (Å²) >= 11 is 0. The number of hydrogen-bond acceptors (Lipinski definition) is 7. The highest BCUT2D eigenvalue weighted by molar-refractivity contribution is 5.85. The number of methoxy groups -OCH3 is 2. The van der Waals surface area contributed by atoms with E-state index in [1.807, 2.05) is 0 Å². The average Bonchev–Trinajstić information content (AvgIpc) is 3.28. The molecule has 1 aliphatic rings. The van der Waals surface area contributed by atoms with Crippen LogP contribution in [0.2, 0.25) is 0 Å². The third-order valence-corrected chi connectivity index (χ3v) is 5.12. The van der Waals surface area contributed by atoms with Crippen molar-refractivity contribution in [2.75, 3.05) is 20.8 Å². The summed E-state index contributed by atoms with van der Waals surface area (Å²) < 4.78 is 27.3. The summed E-state index contributed by atoms with van der Waals surface area (Å²) in [6, 6.07) is 9.99. The van der Waals surface area contributed by atoms with Crippen LogP contribution in [0.4, 0.5) is 0 Å². The van der Waals surface area contributed by atoms with E-state index in [1.54, 1.807) is 50.4 Å². The Morgan fingerprint density at radius 2 is 1.87 bits per heavy atom. The van der Waals surface area contributed by atoms with E-state index in [-0.39, 0.29) is 5.43 Å². The van der Waals surface area contributed by atoms with Crippen LogP contribution < -0.4 is 19.6 Å². The third kappa shape index (κ3) is 3.64. The first kappa shape index (κ1) is 20.0. The molecule has 2 aromatic carbocycles. The molecule has 7 heteroatoms. The van der Waals surface area contributed by atoms with Gasteiger partial charge in [0.05, 0.1) is 25.2 Å². The zero-order chi connectivity index (χ0) is 21.3. The summed E-state index contributed by atoms with van der Waals surface area (Å²) in [6.45, 7) is 2.28. The van der Waals surface area contributed by atoms with Gasteiger partial charge in [-0.05, 0) is 49.6 Å². The average molecular weight is 410 g/mol. The lowest BCUT2D eigenvalue weighted by Gasteiger charge is -2.12. The summed E-state index contributed by atoms with van der Waals surface area (Å²) in [4.78, 5) is 25.4. The van der Waals surface area contributed by atoms with Gasteiger partial charge in [0.2, 0.25) is 5.43 Å². The Labute approximate surface area is 173 Å². The van der Waals surface area contributed by atoms with Crippen molar-refractivity contribution in [2.45, 2.75) is 25.9 Å². The Kier molecular flexibility index (Phi) is 5.46.